The van der Waals surface area contributed by atoms with Gasteiger partial charge in [-0.05, 0) is 6.07 Å². The van der Waals surface area contributed by atoms with Crippen LogP contribution in [0.4, 0.5) is 0 Å². The van der Waals surface area contributed by atoms with Gasteiger partial charge in [0.05, 0.1) is 5.56 Å². The minimum Gasteiger partial charge on any atom is -0.623 e. The fourth-order valence-electron chi connectivity index (χ4n) is 1.97. The summed E-state index contributed by atoms with van der Waals surface area (Å²) in [7, 11) is 0. The highest BCUT2D eigenvalue weighted by Crippen LogP contribution is 2.33. The number of benzene rings is 1. The molecule has 2 heteroatoms. The molecule has 0 unspecified atom stereocenters. The fourth-order valence-corrected chi connectivity index (χ4v) is 1.97. The lowest BCUT2D eigenvalue weighted by Crippen LogP contribution is -2.26. The molecule has 0 atom stereocenters. The molecule has 0 radical (unpaired) electrons. The second-order valence-electron chi connectivity index (χ2n) is 3.98. The van der Waals surface area contributed by atoms with Crippen molar-refractivity contribution in [1.29, 1.82) is 0 Å². The lowest BCUT2D eigenvalue weighted by Gasteiger charge is -2.19. The number of hydrogen-bond acceptors (Lipinski definition) is 1. The highest BCUT2D eigenvalue weighted by atomic mass is 16.5. The molecule has 1 aliphatic heterocycles. The van der Waals surface area contributed by atoms with Gasteiger partial charge in [0.1, 0.15) is 0 Å². The van der Waals surface area contributed by atoms with Gasteiger partial charge < -0.3 is 5.21 Å². The van der Waals surface area contributed by atoms with E-state index in [-0.39, 0.29) is 0 Å². The lowest BCUT2D eigenvalue weighted by atomic mass is 9.93. The van der Waals surface area contributed by atoms with Gasteiger partial charge in [0.25, 0.3) is 0 Å². The third-order valence-electron chi connectivity index (χ3n) is 2.79. The van der Waals surface area contributed by atoms with Crippen LogP contribution in [0.25, 0.3) is 0 Å². The molecule has 2 rings (SSSR count). The Morgan fingerprint density at radius 2 is 1.85 bits per heavy atom. The van der Waals surface area contributed by atoms with Crippen molar-refractivity contribution < 1.29 is 4.74 Å². The molecule has 0 amide bonds. The van der Waals surface area contributed by atoms with Gasteiger partial charge in [-0.3, -0.25) is 0 Å². The highest BCUT2D eigenvalue weighted by Gasteiger charge is 2.39. The number of hydroxylamine groups is 1. The Bertz CT molecular complexity index is 391. The summed E-state index contributed by atoms with van der Waals surface area (Å²) in [5.41, 5.74) is 2.63. The van der Waals surface area contributed by atoms with Crippen molar-refractivity contribution in [3.8, 4) is 0 Å². The van der Waals surface area contributed by atoms with Crippen molar-refractivity contribution in [1.82, 2.24) is 0 Å². The van der Waals surface area contributed by atoms with Crippen LogP contribution in [0.5, 0.6) is 0 Å². The van der Waals surface area contributed by atoms with E-state index in [2.05, 4.69) is 0 Å². The van der Waals surface area contributed by atoms with Crippen LogP contribution < -0.4 is 0 Å². The van der Waals surface area contributed by atoms with Crippen LogP contribution in [0.15, 0.2) is 24.3 Å². The maximum atomic E-state index is 11.8. The summed E-state index contributed by atoms with van der Waals surface area (Å²) in [6, 6.07) is 7.98. The molecule has 0 spiro atoms. The molecular weight excluding hydrogens is 162 g/mol. The number of rotatable bonds is 0. The molecule has 0 aliphatic carbocycles. The van der Waals surface area contributed by atoms with Gasteiger partial charge >= 0.3 is 0 Å². The molecule has 1 heterocycles. The summed E-state index contributed by atoms with van der Waals surface area (Å²) in [5.74, 6) is 0. The average Bonchev–Trinajstić information content (AvgIpc) is 2.30. The zero-order valence-corrected chi connectivity index (χ0v) is 8.16. The molecule has 13 heavy (non-hydrogen) atoms. The van der Waals surface area contributed by atoms with Crippen molar-refractivity contribution >= 4 is 5.71 Å². The number of nitrogens with zero attached hydrogens (tertiary/aromatic N) is 1. The number of fused-ring (bicyclic) bond motifs is 1. The Kier molecular flexibility index (Phi) is 1.50. The third-order valence-corrected chi connectivity index (χ3v) is 2.79. The number of hydrogen-bond donors (Lipinski definition) is 0. The van der Waals surface area contributed by atoms with Crippen LogP contribution in [-0.2, 0) is 5.54 Å². The SMILES string of the molecule is CC1=[N+]([O-])C(C)(C)c2ccccc21. The quantitative estimate of drug-likeness (QED) is 0.438. The Morgan fingerprint density at radius 3 is 2.46 bits per heavy atom. The van der Waals surface area contributed by atoms with E-state index >= 15 is 0 Å². The van der Waals surface area contributed by atoms with Crippen LogP contribution >= 0.6 is 0 Å². The third kappa shape index (κ3) is 0.916. The molecule has 0 bridgehead atoms. The molecule has 2 nitrogen and oxygen atoms in total. The maximum Gasteiger partial charge on any atom is 0.193 e. The fraction of sp³-hybridized carbons (Fsp3) is 0.364. The first-order valence-electron chi connectivity index (χ1n) is 4.46. The Balaban J connectivity index is 2.74. The second-order valence-corrected chi connectivity index (χ2v) is 3.98. The first-order chi connectivity index (χ1) is 6.05. The highest BCUT2D eigenvalue weighted by molar-refractivity contribution is 5.98. The van der Waals surface area contributed by atoms with Crippen LogP contribution in [0, 0.1) is 5.21 Å². The normalized spacial score (nSPS) is 19.0. The van der Waals surface area contributed by atoms with Crippen molar-refractivity contribution in [2.24, 2.45) is 0 Å². The minimum atomic E-state index is -0.402. The van der Waals surface area contributed by atoms with Gasteiger partial charge in [-0.2, -0.15) is 4.74 Å². The van der Waals surface area contributed by atoms with Crippen LogP contribution in [0.1, 0.15) is 31.9 Å². The van der Waals surface area contributed by atoms with Crippen LogP contribution in [0.3, 0.4) is 0 Å². The largest absolute Gasteiger partial charge is 0.623 e. The monoisotopic (exact) mass is 175 g/mol. The first-order valence-corrected chi connectivity index (χ1v) is 4.46. The molecule has 1 aliphatic rings. The van der Waals surface area contributed by atoms with Gasteiger partial charge in [-0.25, -0.2) is 0 Å². The van der Waals surface area contributed by atoms with E-state index in [1.807, 2.05) is 45.0 Å². The topological polar surface area (TPSA) is 26.1 Å². The summed E-state index contributed by atoms with van der Waals surface area (Å²) in [4.78, 5) is 0. The van der Waals surface area contributed by atoms with Crippen molar-refractivity contribution in [2.45, 2.75) is 26.3 Å². The predicted molar refractivity (Wildman–Crippen MR) is 52.9 cm³/mol. The molecule has 0 N–H and O–H groups in total. The van der Waals surface area contributed by atoms with Crippen LogP contribution in [0.2, 0.25) is 0 Å². The summed E-state index contributed by atoms with van der Waals surface area (Å²) >= 11 is 0. The van der Waals surface area contributed by atoms with E-state index in [1.54, 1.807) is 0 Å². The molecule has 68 valence electrons. The summed E-state index contributed by atoms with van der Waals surface area (Å²) in [5, 5.41) is 11.8. The zero-order chi connectivity index (χ0) is 9.64. The first kappa shape index (κ1) is 8.30. The van der Waals surface area contributed by atoms with E-state index in [9.17, 15) is 5.21 Å². The molecule has 1 aromatic rings. The standard InChI is InChI=1S/C11H13NO/c1-8-9-6-4-5-7-10(9)11(2,3)12(8)13/h4-7H,1-3H3. The van der Waals surface area contributed by atoms with Gasteiger partial charge in [-0.15, -0.1) is 0 Å². The van der Waals surface area contributed by atoms with Crippen LogP contribution in [-0.4, -0.2) is 10.5 Å². The van der Waals surface area contributed by atoms with Crippen molar-refractivity contribution in [3.05, 3.63) is 40.6 Å². The average molecular weight is 175 g/mol. The molecule has 0 saturated heterocycles. The van der Waals surface area contributed by atoms with E-state index in [0.717, 1.165) is 21.6 Å². The van der Waals surface area contributed by atoms with Gasteiger partial charge in [0.2, 0.25) is 0 Å². The summed E-state index contributed by atoms with van der Waals surface area (Å²) in [6.07, 6.45) is 0. The zero-order valence-electron chi connectivity index (χ0n) is 8.16. The van der Waals surface area contributed by atoms with Gasteiger partial charge in [-0.1, -0.05) is 18.2 Å². The Labute approximate surface area is 78.1 Å². The van der Waals surface area contributed by atoms with E-state index in [4.69, 9.17) is 0 Å². The van der Waals surface area contributed by atoms with Gasteiger partial charge in [0, 0.05) is 26.3 Å². The minimum absolute atomic E-state index is 0.402. The van der Waals surface area contributed by atoms with E-state index in [1.165, 1.54) is 0 Å². The van der Waals surface area contributed by atoms with Crippen molar-refractivity contribution in [2.75, 3.05) is 0 Å². The Hall–Kier alpha value is -1.31. The molecule has 0 fully saturated rings. The van der Waals surface area contributed by atoms with E-state index < -0.39 is 5.54 Å². The van der Waals surface area contributed by atoms with Gasteiger partial charge in [0.15, 0.2) is 11.3 Å². The Morgan fingerprint density at radius 1 is 1.23 bits per heavy atom. The molecule has 1 aromatic carbocycles. The maximum absolute atomic E-state index is 11.8. The molecular formula is C11H13NO. The van der Waals surface area contributed by atoms with E-state index in [0.29, 0.717) is 0 Å². The predicted octanol–water partition coefficient (Wildman–Crippen LogP) is 2.25. The molecule has 0 aromatic heterocycles. The lowest BCUT2D eigenvalue weighted by molar-refractivity contribution is -0.544. The second kappa shape index (κ2) is 2.34. The summed E-state index contributed by atoms with van der Waals surface area (Å²) < 4.78 is 1.09. The smallest absolute Gasteiger partial charge is 0.193 e. The summed E-state index contributed by atoms with van der Waals surface area (Å²) in [6.45, 7) is 5.78. The molecule has 0 saturated carbocycles. The van der Waals surface area contributed by atoms with Crippen molar-refractivity contribution in [3.63, 3.8) is 0 Å².